The third kappa shape index (κ3) is 4.73. The lowest BCUT2D eigenvalue weighted by Gasteiger charge is -2.34. The second-order valence-corrected chi connectivity index (χ2v) is 8.01. The van der Waals surface area contributed by atoms with E-state index in [9.17, 15) is 9.59 Å². The molecule has 0 spiro atoms. The number of likely N-dealkylation sites (N-methyl/N-ethyl adjacent to an activating group) is 1. The maximum Gasteiger partial charge on any atom is 0.257 e. The van der Waals surface area contributed by atoms with Gasteiger partial charge in [0.25, 0.3) is 5.91 Å². The molecule has 7 heteroatoms. The van der Waals surface area contributed by atoms with Crippen LogP contribution in [0, 0.1) is 6.92 Å². The molecule has 0 radical (unpaired) electrons. The third-order valence-electron chi connectivity index (χ3n) is 5.77. The van der Waals surface area contributed by atoms with Gasteiger partial charge < -0.3 is 10.2 Å². The lowest BCUT2D eigenvalue weighted by atomic mass is 10.0. The number of benzene rings is 2. The molecule has 1 N–H and O–H groups in total. The van der Waals surface area contributed by atoms with Crippen molar-refractivity contribution < 1.29 is 9.59 Å². The zero-order chi connectivity index (χ0) is 22.5. The highest BCUT2D eigenvalue weighted by Gasteiger charge is 2.27. The van der Waals surface area contributed by atoms with Crippen molar-refractivity contribution in [3.63, 3.8) is 0 Å². The number of hydrogen-bond donors (Lipinski definition) is 1. The summed E-state index contributed by atoms with van der Waals surface area (Å²) in [7, 11) is 0. The number of amides is 2. The predicted molar refractivity (Wildman–Crippen MR) is 125 cm³/mol. The van der Waals surface area contributed by atoms with E-state index in [4.69, 9.17) is 5.10 Å². The zero-order valence-corrected chi connectivity index (χ0v) is 18.6. The van der Waals surface area contributed by atoms with Gasteiger partial charge in [-0.3, -0.25) is 14.5 Å². The first-order valence-electron chi connectivity index (χ1n) is 11.1. The van der Waals surface area contributed by atoms with Crippen LogP contribution in [0.25, 0.3) is 16.9 Å². The molecule has 3 aromatic rings. The number of nitrogens with zero attached hydrogens (tertiary/aromatic N) is 4. The van der Waals surface area contributed by atoms with Crippen molar-refractivity contribution in [2.45, 2.75) is 13.8 Å². The highest BCUT2D eigenvalue weighted by atomic mass is 16.2. The van der Waals surface area contributed by atoms with Crippen molar-refractivity contribution in [1.82, 2.24) is 24.9 Å². The molecule has 1 aliphatic heterocycles. The van der Waals surface area contributed by atoms with Gasteiger partial charge in [0.1, 0.15) is 5.69 Å². The second kappa shape index (κ2) is 9.78. The summed E-state index contributed by atoms with van der Waals surface area (Å²) < 4.78 is 1.78. The molecule has 1 aromatic heterocycles. The quantitative estimate of drug-likeness (QED) is 0.652. The summed E-state index contributed by atoms with van der Waals surface area (Å²) in [4.78, 5) is 29.4. The van der Waals surface area contributed by atoms with Gasteiger partial charge in [-0.25, -0.2) is 4.68 Å². The van der Waals surface area contributed by atoms with E-state index in [0.29, 0.717) is 50.5 Å². The first-order chi connectivity index (χ1) is 15.6. The van der Waals surface area contributed by atoms with Crippen LogP contribution >= 0.6 is 0 Å². The number of para-hydroxylation sites is 1. The van der Waals surface area contributed by atoms with Crippen LogP contribution in [-0.4, -0.2) is 70.7 Å². The van der Waals surface area contributed by atoms with Gasteiger partial charge in [0.05, 0.1) is 17.8 Å². The lowest BCUT2D eigenvalue weighted by Crippen LogP contribution is -2.51. The molecule has 2 amide bonds. The van der Waals surface area contributed by atoms with E-state index in [1.165, 1.54) is 0 Å². The van der Waals surface area contributed by atoms with Crippen molar-refractivity contribution in [3.05, 3.63) is 71.9 Å². The van der Waals surface area contributed by atoms with Crippen molar-refractivity contribution >= 4 is 11.8 Å². The molecule has 2 aromatic carbocycles. The lowest BCUT2D eigenvalue weighted by molar-refractivity contribution is -0.122. The first kappa shape index (κ1) is 21.8. The Hall–Kier alpha value is -3.45. The van der Waals surface area contributed by atoms with Crippen LogP contribution in [0.1, 0.15) is 22.8 Å². The fourth-order valence-electron chi connectivity index (χ4n) is 4.02. The van der Waals surface area contributed by atoms with E-state index in [1.54, 1.807) is 4.68 Å². The van der Waals surface area contributed by atoms with Crippen molar-refractivity contribution in [2.75, 3.05) is 39.3 Å². The molecule has 166 valence electrons. The van der Waals surface area contributed by atoms with Gasteiger partial charge in [-0.2, -0.15) is 5.10 Å². The zero-order valence-electron chi connectivity index (χ0n) is 18.6. The molecule has 32 heavy (non-hydrogen) atoms. The van der Waals surface area contributed by atoms with E-state index >= 15 is 0 Å². The van der Waals surface area contributed by atoms with Gasteiger partial charge in [-0.15, -0.1) is 0 Å². The molecule has 1 aliphatic rings. The topological polar surface area (TPSA) is 70.5 Å². The van der Waals surface area contributed by atoms with E-state index in [0.717, 1.165) is 16.8 Å². The molecule has 0 saturated carbocycles. The van der Waals surface area contributed by atoms with Gasteiger partial charge in [-0.05, 0) is 31.5 Å². The minimum atomic E-state index is -0.0249. The van der Waals surface area contributed by atoms with Gasteiger partial charge in [0.15, 0.2) is 0 Å². The Bertz CT molecular complexity index is 1080. The highest BCUT2D eigenvalue weighted by molar-refractivity contribution is 6.00. The average molecular weight is 432 g/mol. The summed E-state index contributed by atoms with van der Waals surface area (Å²) >= 11 is 0. The Morgan fingerprint density at radius 2 is 1.66 bits per heavy atom. The number of carbonyl (C=O) groups excluding carboxylic acids is 2. The summed E-state index contributed by atoms with van der Waals surface area (Å²) in [5.41, 5.74) is 4.24. The third-order valence-corrected chi connectivity index (χ3v) is 5.77. The summed E-state index contributed by atoms with van der Waals surface area (Å²) in [6.45, 7) is 7.47. The number of aryl methyl sites for hydroxylation is 1. The largest absolute Gasteiger partial charge is 0.355 e. The number of rotatable bonds is 6. The molecular weight excluding hydrogens is 402 g/mol. The average Bonchev–Trinajstić information content (AvgIpc) is 3.25. The second-order valence-electron chi connectivity index (χ2n) is 8.01. The van der Waals surface area contributed by atoms with E-state index in [-0.39, 0.29) is 11.8 Å². The summed E-state index contributed by atoms with van der Waals surface area (Å²) in [6, 6.07) is 17.8. The number of hydrogen-bond acceptors (Lipinski definition) is 4. The maximum absolute atomic E-state index is 13.6. The number of aromatic nitrogens is 2. The molecule has 1 saturated heterocycles. The van der Waals surface area contributed by atoms with Crippen molar-refractivity contribution in [2.24, 2.45) is 0 Å². The van der Waals surface area contributed by atoms with Crippen LogP contribution in [0.15, 0.2) is 60.8 Å². The fraction of sp³-hybridized carbons (Fsp3) is 0.320. The summed E-state index contributed by atoms with van der Waals surface area (Å²) in [6.07, 6.45) is 1.83. The van der Waals surface area contributed by atoms with Gasteiger partial charge in [0, 0.05) is 44.5 Å². The Balaban J connectivity index is 1.58. The Morgan fingerprint density at radius 3 is 2.34 bits per heavy atom. The Kier molecular flexibility index (Phi) is 6.66. The molecule has 0 aliphatic carbocycles. The van der Waals surface area contributed by atoms with Gasteiger partial charge >= 0.3 is 0 Å². The fourth-order valence-corrected chi connectivity index (χ4v) is 4.02. The van der Waals surface area contributed by atoms with Crippen LogP contribution in [0.2, 0.25) is 0 Å². The van der Waals surface area contributed by atoms with Crippen LogP contribution in [0.5, 0.6) is 0 Å². The molecule has 0 bridgehead atoms. The predicted octanol–water partition coefficient (Wildman–Crippen LogP) is 2.74. The first-order valence-corrected chi connectivity index (χ1v) is 11.1. The molecule has 0 atom stereocenters. The summed E-state index contributed by atoms with van der Waals surface area (Å²) in [5, 5.41) is 7.64. The monoisotopic (exact) mass is 431 g/mol. The number of carbonyl (C=O) groups is 2. The summed E-state index contributed by atoms with van der Waals surface area (Å²) in [5.74, 6) is 0.00125. The van der Waals surface area contributed by atoms with Gasteiger partial charge in [0.2, 0.25) is 5.91 Å². The van der Waals surface area contributed by atoms with Crippen LogP contribution in [0.4, 0.5) is 0 Å². The van der Waals surface area contributed by atoms with E-state index in [1.807, 2.05) is 79.5 Å². The smallest absolute Gasteiger partial charge is 0.257 e. The Morgan fingerprint density at radius 1 is 0.969 bits per heavy atom. The van der Waals surface area contributed by atoms with E-state index in [2.05, 4.69) is 10.2 Å². The van der Waals surface area contributed by atoms with Crippen LogP contribution < -0.4 is 5.32 Å². The van der Waals surface area contributed by atoms with Crippen molar-refractivity contribution in [3.8, 4) is 16.9 Å². The minimum Gasteiger partial charge on any atom is -0.355 e. The molecule has 7 nitrogen and oxygen atoms in total. The standard InChI is InChI=1S/C25H29N5O2/c1-3-26-23(31)18-28-13-15-29(16-14-28)25(32)22-17-30(20-10-5-4-6-11-20)27-24(22)21-12-8-7-9-19(21)2/h4-12,17H,3,13-16,18H2,1-2H3,(H,26,31). The van der Waals surface area contributed by atoms with E-state index < -0.39 is 0 Å². The molecule has 2 heterocycles. The van der Waals surface area contributed by atoms with Crippen molar-refractivity contribution in [1.29, 1.82) is 0 Å². The SMILES string of the molecule is CCNC(=O)CN1CCN(C(=O)c2cn(-c3ccccc3)nc2-c2ccccc2C)CC1. The Labute approximate surface area is 188 Å². The molecular formula is C25H29N5O2. The minimum absolute atomic E-state index is 0.0249. The number of piperazine rings is 1. The van der Waals surface area contributed by atoms with Crippen LogP contribution in [-0.2, 0) is 4.79 Å². The highest BCUT2D eigenvalue weighted by Crippen LogP contribution is 2.28. The number of nitrogens with one attached hydrogen (secondary N) is 1. The van der Waals surface area contributed by atoms with Gasteiger partial charge in [-0.1, -0.05) is 42.5 Å². The molecule has 1 fully saturated rings. The maximum atomic E-state index is 13.6. The normalized spacial score (nSPS) is 14.4. The van der Waals surface area contributed by atoms with Crippen LogP contribution in [0.3, 0.4) is 0 Å². The molecule has 4 rings (SSSR count). The molecule has 0 unspecified atom stereocenters.